The Morgan fingerprint density at radius 3 is 2.50 bits per heavy atom. The fourth-order valence-electron chi connectivity index (χ4n) is 3.27. The molecule has 0 saturated heterocycles. The first-order valence-corrected chi connectivity index (χ1v) is 12.3. The maximum Gasteiger partial charge on any atom is 0.344 e. The molecule has 0 bridgehead atoms. The standard InChI is InChI=1S/C22H26ClNO6S2/c1-6-29-16(26)11-30-20-12(2)24-19(22(31-5)32-13(3)25)18(21(27)28-4)17(20)14-9-7-8-10-15(14)23/h7-10,17,22,24H,6,11H2,1-5H3. The number of benzene rings is 1. The molecule has 0 aliphatic carbocycles. The Bertz CT molecular complexity index is 946. The molecule has 2 rings (SSSR count). The molecule has 10 heteroatoms. The van der Waals surface area contributed by atoms with E-state index in [2.05, 4.69) is 5.32 Å². The molecule has 0 radical (unpaired) electrons. The third-order valence-electron chi connectivity index (χ3n) is 4.53. The van der Waals surface area contributed by atoms with Crippen LogP contribution in [0.15, 0.2) is 47.0 Å². The predicted octanol–water partition coefficient (Wildman–Crippen LogP) is 4.23. The number of ether oxygens (including phenoxy) is 3. The average molecular weight is 500 g/mol. The van der Waals surface area contributed by atoms with Crippen LogP contribution in [0.2, 0.25) is 5.02 Å². The Hall–Kier alpha value is -2.10. The van der Waals surface area contributed by atoms with Gasteiger partial charge in [-0.1, -0.05) is 41.6 Å². The third kappa shape index (κ3) is 6.24. The summed E-state index contributed by atoms with van der Waals surface area (Å²) in [7, 11) is 1.28. The predicted molar refractivity (Wildman–Crippen MR) is 127 cm³/mol. The summed E-state index contributed by atoms with van der Waals surface area (Å²) >= 11 is 9.01. The number of hydrogen-bond donors (Lipinski definition) is 1. The van der Waals surface area contributed by atoms with Gasteiger partial charge < -0.3 is 19.5 Å². The average Bonchev–Trinajstić information content (AvgIpc) is 2.76. The summed E-state index contributed by atoms with van der Waals surface area (Å²) in [5.41, 5.74) is 1.98. The van der Waals surface area contributed by atoms with Crippen molar-refractivity contribution >= 4 is 52.2 Å². The van der Waals surface area contributed by atoms with E-state index < -0.39 is 22.4 Å². The van der Waals surface area contributed by atoms with Gasteiger partial charge in [-0.25, -0.2) is 9.59 Å². The lowest BCUT2D eigenvalue weighted by atomic mass is 9.85. The fourth-order valence-corrected chi connectivity index (χ4v) is 5.33. The highest BCUT2D eigenvalue weighted by Gasteiger charge is 2.40. The Balaban J connectivity index is 2.68. The summed E-state index contributed by atoms with van der Waals surface area (Å²) in [6.07, 6.45) is 1.85. The zero-order valence-electron chi connectivity index (χ0n) is 18.5. The maximum atomic E-state index is 13.0. The molecule has 0 amide bonds. The number of hydrogen-bond acceptors (Lipinski definition) is 9. The van der Waals surface area contributed by atoms with Crippen LogP contribution >= 0.6 is 35.1 Å². The Kier molecular flexibility index (Phi) is 9.99. The molecule has 1 heterocycles. The van der Waals surface area contributed by atoms with Gasteiger partial charge in [0.2, 0.25) is 0 Å². The number of nitrogens with one attached hydrogen (secondary N) is 1. The Morgan fingerprint density at radius 1 is 1.25 bits per heavy atom. The first-order valence-electron chi connectivity index (χ1n) is 9.78. The highest BCUT2D eigenvalue weighted by atomic mass is 35.5. The number of halogens is 1. The summed E-state index contributed by atoms with van der Waals surface area (Å²) in [6, 6.07) is 7.07. The molecule has 0 spiro atoms. The minimum atomic E-state index is -0.746. The minimum absolute atomic E-state index is 0.0943. The molecule has 1 aromatic rings. The van der Waals surface area contributed by atoms with Crippen LogP contribution in [0, 0.1) is 0 Å². The molecule has 1 aromatic carbocycles. The number of dihydropyridines is 1. The number of allylic oxidation sites excluding steroid dienone is 2. The Morgan fingerprint density at radius 2 is 1.94 bits per heavy atom. The number of carbonyl (C=O) groups excluding carboxylic acids is 3. The first-order chi connectivity index (χ1) is 15.2. The lowest BCUT2D eigenvalue weighted by Gasteiger charge is -2.34. The largest absolute Gasteiger partial charge is 0.483 e. The van der Waals surface area contributed by atoms with Gasteiger partial charge >= 0.3 is 11.9 Å². The number of carbonyl (C=O) groups is 3. The number of thioether (sulfide) groups is 2. The van der Waals surface area contributed by atoms with Gasteiger partial charge in [0, 0.05) is 11.9 Å². The summed E-state index contributed by atoms with van der Waals surface area (Å²) < 4.78 is 15.5. The van der Waals surface area contributed by atoms with E-state index in [9.17, 15) is 14.4 Å². The van der Waals surface area contributed by atoms with Gasteiger partial charge in [0.25, 0.3) is 0 Å². The normalized spacial score (nSPS) is 16.9. The third-order valence-corrected chi connectivity index (χ3v) is 7.18. The molecule has 7 nitrogen and oxygen atoms in total. The van der Waals surface area contributed by atoms with Crippen molar-refractivity contribution in [3.05, 3.63) is 57.6 Å². The van der Waals surface area contributed by atoms with E-state index in [0.717, 1.165) is 11.8 Å². The lowest BCUT2D eigenvalue weighted by molar-refractivity contribution is -0.147. The summed E-state index contributed by atoms with van der Waals surface area (Å²) in [5.74, 6) is -1.52. The van der Waals surface area contributed by atoms with Gasteiger partial charge in [-0.05, 0) is 31.7 Å². The van der Waals surface area contributed by atoms with E-state index in [1.165, 1.54) is 25.8 Å². The van der Waals surface area contributed by atoms with E-state index in [4.69, 9.17) is 25.8 Å². The highest BCUT2D eigenvalue weighted by Crippen LogP contribution is 2.45. The monoisotopic (exact) mass is 499 g/mol. The minimum Gasteiger partial charge on any atom is -0.483 e. The van der Waals surface area contributed by atoms with Gasteiger partial charge in [-0.2, -0.15) is 0 Å². The SMILES string of the molecule is CCOC(=O)COC1=C(C)NC(C(SC)SC(C)=O)=C(C(=O)OC)C1c1ccccc1Cl. The molecule has 32 heavy (non-hydrogen) atoms. The van der Waals surface area contributed by atoms with Crippen LogP contribution in [0.5, 0.6) is 0 Å². The van der Waals surface area contributed by atoms with Crippen molar-refractivity contribution in [2.75, 3.05) is 26.6 Å². The van der Waals surface area contributed by atoms with Gasteiger partial charge in [0.1, 0.15) is 5.76 Å². The summed E-state index contributed by atoms with van der Waals surface area (Å²) in [5, 5.41) is 3.53. The highest BCUT2D eigenvalue weighted by molar-refractivity contribution is 8.24. The smallest absolute Gasteiger partial charge is 0.344 e. The topological polar surface area (TPSA) is 90.9 Å². The molecular weight excluding hydrogens is 474 g/mol. The second-order valence-electron chi connectivity index (χ2n) is 6.66. The second kappa shape index (κ2) is 12.2. The maximum absolute atomic E-state index is 13.0. The van der Waals surface area contributed by atoms with Gasteiger partial charge in [-0.3, -0.25) is 4.79 Å². The molecule has 1 N–H and O–H groups in total. The zero-order valence-corrected chi connectivity index (χ0v) is 20.9. The van der Waals surface area contributed by atoms with Crippen molar-refractivity contribution in [3.63, 3.8) is 0 Å². The molecule has 1 aliphatic heterocycles. The molecule has 1 aliphatic rings. The zero-order chi connectivity index (χ0) is 23.8. The fraction of sp³-hybridized carbons (Fsp3) is 0.409. The summed E-state index contributed by atoms with van der Waals surface area (Å²) in [4.78, 5) is 36.9. The van der Waals surface area contributed by atoms with Gasteiger partial charge in [-0.15, -0.1) is 11.8 Å². The van der Waals surface area contributed by atoms with E-state index >= 15 is 0 Å². The Labute approximate surface area is 201 Å². The van der Waals surface area contributed by atoms with E-state index in [0.29, 0.717) is 27.7 Å². The van der Waals surface area contributed by atoms with Crippen molar-refractivity contribution in [3.8, 4) is 0 Å². The van der Waals surface area contributed by atoms with E-state index in [1.807, 2.05) is 6.26 Å². The molecule has 2 atom stereocenters. The van der Waals surface area contributed by atoms with Crippen molar-refractivity contribution in [2.24, 2.45) is 0 Å². The molecule has 0 aromatic heterocycles. The van der Waals surface area contributed by atoms with Crippen molar-refractivity contribution < 1.29 is 28.6 Å². The van der Waals surface area contributed by atoms with E-state index in [-0.39, 0.29) is 23.9 Å². The number of rotatable bonds is 9. The molecule has 0 saturated carbocycles. The van der Waals surface area contributed by atoms with E-state index in [1.54, 1.807) is 38.1 Å². The molecule has 2 unspecified atom stereocenters. The van der Waals surface area contributed by atoms with Gasteiger partial charge in [0.15, 0.2) is 11.7 Å². The van der Waals surface area contributed by atoms with Crippen LogP contribution in [0.3, 0.4) is 0 Å². The van der Waals surface area contributed by atoms with Crippen LogP contribution in [-0.4, -0.2) is 48.2 Å². The van der Waals surface area contributed by atoms with Crippen molar-refractivity contribution in [2.45, 2.75) is 31.3 Å². The number of esters is 2. The molecular formula is C22H26ClNO6S2. The van der Waals surface area contributed by atoms with Crippen molar-refractivity contribution in [1.29, 1.82) is 0 Å². The van der Waals surface area contributed by atoms with Crippen molar-refractivity contribution in [1.82, 2.24) is 5.32 Å². The van der Waals surface area contributed by atoms with Crippen LogP contribution in [0.4, 0.5) is 0 Å². The quantitative estimate of drug-likeness (QED) is 0.395. The van der Waals surface area contributed by atoms with Crippen LogP contribution < -0.4 is 5.32 Å². The first kappa shape index (κ1) is 26.2. The van der Waals surface area contributed by atoms with Crippen LogP contribution in [0.1, 0.15) is 32.3 Å². The summed E-state index contributed by atoms with van der Waals surface area (Å²) in [6.45, 7) is 4.84. The van der Waals surface area contributed by atoms with Crippen LogP contribution in [-0.2, 0) is 28.6 Å². The van der Waals surface area contributed by atoms with Crippen LogP contribution in [0.25, 0.3) is 0 Å². The second-order valence-corrected chi connectivity index (χ2v) is 9.59. The molecule has 0 fully saturated rings. The molecule has 174 valence electrons. The number of methoxy groups -OCH3 is 1. The van der Waals surface area contributed by atoms with Gasteiger partial charge in [0.05, 0.1) is 41.2 Å². The lowest BCUT2D eigenvalue weighted by Crippen LogP contribution is -2.35.